The highest BCUT2D eigenvalue weighted by Crippen LogP contribution is 2.31. The van der Waals surface area contributed by atoms with E-state index < -0.39 is 16.0 Å². The van der Waals surface area contributed by atoms with Gasteiger partial charge < -0.3 is 10.5 Å². The largest absolute Gasteiger partial charge is 0.465 e. The van der Waals surface area contributed by atoms with Crippen LogP contribution in [0.2, 0.25) is 0 Å². The molecule has 1 saturated carbocycles. The van der Waals surface area contributed by atoms with Gasteiger partial charge in [-0.1, -0.05) is 6.92 Å². The minimum Gasteiger partial charge on any atom is -0.465 e. The van der Waals surface area contributed by atoms with E-state index in [2.05, 4.69) is 9.46 Å². The smallest absolute Gasteiger partial charge is 0.339 e. The van der Waals surface area contributed by atoms with Gasteiger partial charge in [0.25, 0.3) is 0 Å². The van der Waals surface area contributed by atoms with Gasteiger partial charge in [0.1, 0.15) is 0 Å². The molecule has 2 unspecified atom stereocenters. The average molecular weight is 284 g/mol. The maximum atomic E-state index is 12.2. The maximum Gasteiger partial charge on any atom is 0.339 e. The molecule has 6 nitrogen and oxygen atoms in total. The molecule has 0 saturated heterocycles. The van der Waals surface area contributed by atoms with Crippen LogP contribution in [0.15, 0.2) is 23.1 Å². The predicted octanol–water partition coefficient (Wildman–Crippen LogP) is 0.742. The summed E-state index contributed by atoms with van der Waals surface area (Å²) in [6, 6.07) is 4.00. The number of esters is 1. The fraction of sp³-hybridized carbons (Fsp3) is 0.417. The molecule has 1 aromatic carbocycles. The van der Waals surface area contributed by atoms with Crippen LogP contribution in [0.4, 0.5) is 5.69 Å². The normalized spacial score (nSPS) is 22.0. The highest BCUT2D eigenvalue weighted by atomic mass is 32.2. The molecule has 0 spiro atoms. The monoisotopic (exact) mass is 284 g/mol. The van der Waals surface area contributed by atoms with Gasteiger partial charge in [-0.3, -0.25) is 0 Å². The molecule has 0 amide bonds. The lowest BCUT2D eigenvalue weighted by atomic mass is 10.2. The Balaban J connectivity index is 2.40. The van der Waals surface area contributed by atoms with Crippen molar-refractivity contribution < 1.29 is 17.9 Å². The minimum atomic E-state index is -3.74. The Morgan fingerprint density at radius 2 is 2.11 bits per heavy atom. The van der Waals surface area contributed by atoms with E-state index in [1.54, 1.807) is 0 Å². The number of carbonyl (C=O) groups is 1. The van der Waals surface area contributed by atoms with Crippen LogP contribution in [0.25, 0.3) is 0 Å². The van der Waals surface area contributed by atoms with Gasteiger partial charge in [-0.2, -0.15) is 0 Å². The lowest BCUT2D eigenvalue weighted by Crippen LogP contribution is -2.28. The standard InChI is InChI=1S/C12H16N2O4S/c1-7-5-10(7)14-19(16,17)11-4-3-8(13)6-9(11)12(15)18-2/h3-4,6-7,10,14H,5,13H2,1-2H3. The van der Waals surface area contributed by atoms with Crippen LogP contribution < -0.4 is 10.5 Å². The fourth-order valence-electron chi connectivity index (χ4n) is 1.80. The summed E-state index contributed by atoms with van der Waals surface area (Å²) >= 11 is 0. The van der Waals surface area contributed by atoms with Gasteiger partial charge in [0.05, 0.1) is 17.6 Å². The Kier molecular flexibility index (Phi) is 3.51. The van der Waals surface area contributed by atoms with Crippen molar-refractivity contribution in [3.63, 3.8) is 0 Å². The van der Waals surface area contributed by atoms with E-state index in [9.17, 15) is 13.2 Å². The van der Waals surface area contributed by atoms with Crippen molar-refractivity contribution in [2.45, 2.75) is 24.3 Å². The third-order valence-corrected chi connectivity index (χ3v) is 4.66. The number of benzene rings is 1. The first-order valence-electron chi connectivity index (χ1n) is 5.85. The van der Waals surface area contributed by atoms with E-state index in [1.807, 2.05) is 6.92 Å². The molecule has 0 aliphatic heterocycles. The second-order valence-electron chi connectivity index (χ2n) is 4.69. The third-order valence-electron chi connectivity index (χ3n) is 3.11. The van der Waals surface area contributed by atoms with Gasteiger partial charge in [0, 0.05) is 11.7 Å². The third kappa shape index (κ3) is 2.87. The molecule has 1 aromatic rings. The second kappa shape index (κ2) is 4.82. The number of hydrogen-bond acceptors (Lipinski definition) is 5. The Bertz CT molecular complexity index is 612. The van der Waals surface area contributed by atoms with Crippen molar-refractivity contribution >= 4 is 21.7 Å². The summed E-state index contributed by atoms with van der Waals surface area (Å²) in [6.45, 7) is 1.96. The summed E-state index contributed by atoms with van der Waals surface area (Å²) in [5.41, 5.74) is 5.83. The van der Waals surface area contributed by atoms with Crippen molar-refractivity contribution in [3.8, 4) is 0 Å². The van der Waals surface area contributed by atoms with E-state index in [1.165, 1.54) is 25.3 Å². The SMILES string of the molecule is COC(=O)c1cc(N)ccc1S(=O)(=O)NC1CC1C. The molecule has 1 aliphatic carbocycles. The van der Waals surface area contributed by atoms with Crippen LogP contribution in [-0.2, 0) is 14.8 Å². The highest BCUT2D eigenvalue weighted by molar-refractivity contribution is 7.89. The van der Waals surface area contributed by atoms with Gasteiger partial charge in [-0.15, -0.1) is 0 Å². The number of rotatable bonds is 4. The first kappa shape index (κ1) is 13.8. The Morgan fingerprint density at radius 3 is 2.63 bits per heavy atom. The molecular weight excluding hydrogens is 268 g/mol. The molecule has 1 fully saturated rings. The number of sulfonamides is 1. The molecule has 0 radical (unpaired) electrons. The number of nitrogens with one attached hydrogen (secondary N) is 1. The molecule has 0 heterocycles. The summed E-state index contributed by atoms with van der Waals surface area (Å²) in [7, 11) is -2.55. The number of nitrogen functional groups attached to an aromatic ring is 1. The van der Waals surface area contributed by atoms with E-state index in [0.29, 0.717) is 11.6 Å². The van der Waals surface area contributed by atoms with E-state index in [4.69, 9.17) is 5.73 Å². The summed E-state index contributed by atoms with van der Waals surface area (Å²) < 4.78 is 31.6. The van der Waals surface area contributed by atoms with Crippen LogP contribution in [-0.4, -0.2) is 27.5 Å². The Labute approximate surface area is 112 Å². The van der Waals surface area contributed by atoms with Gasteiger partial charge in [0.2, 0.25) is 10.0 Å². The first-order chi connectivity index (χ1) is 8.85. The minimum absolute atomic E-state index is 0.0525. The number of carbonyl (C=O) groups excluding carboxylic acids is 1. The van der Waals surface area contributed by atoms with Crippen molar-refractivity contribution in [1.29, 1.82) is 0 Å². The number of methoxy groups -OCH3 is 1. The van der Waals surface area contributed by atoms with Crippen molar-refractivity contribution in [3.05, 3.63) is 23.8 Å². The molecule has 2 rings (SSSR count). The molecule has 19 heavy (non-hydrogen) atoms. The molecule has 7 heteroatoms. The van der Waals surface area contributed by atoms with E-state index in [0.717, 1.165) is 6.42 Å². The molecule has 104 valence electrons. The second-order valence-corrected chi connectivity index (χ2v) is 6.37. The van der Waals surface area contributed by atoms with Gasteiger partial charge >= 0.3 is 5.97 Å². The molecule has 1 aliphatic rings. The topological polar surface area (TPSA) is 98.5 Å². The molecular formula is C12H16N2O4S. The van der Waals surface area contributed by atoms with Crippen LogP contribution in [0.5, 0.6) is 0 Å². The van der Waals surface area contributed by atoms with Crippen LogP contribution in [0.1, 0.15) is 23.7 Å². The summed E-state index contributed by atoms with van der Waals surface area (Å²) in [5, 5.41) is 0. The summed E-state index contributed by atoms with van der Waals surface area (Å²) in [6.07, 6.45) is 0.807. The van der Waals surface area contributed by atoms with Crippen LogP contribution in [0.3, 0.4) is 0 Å². The van der Waals surface area contributed by atoms with Gasteiger partial charge in [0.15, 0.2) is 0 Å². The molecule has 3 N–H and O–H groups in total. The lowest BCUT2D eigenvalue weighted by Gasteiger charge is -2.10. The van der Waals surface area contributed by atoms with Crippen LogP contribution in [0, 0.1) is 5.92 Å². The zero-order valence-electron chi connectivity index (χ0n) is 10.7. The molecule has 0 bridgehead atoms. The molecule has 2 atom stereocenters. The van der Waals surface area contributed by atoms with Crippen molar-refractivity contribution in [2.24, 2.45) is 5.92 Å². The van der Waals surface area contributed by atoms with E-state index in [-0.39, 0.29) is 16.5 Å². The Hall–Kier alpha value is -1.60. The van der Waals surface area contributed by atoms with Crippen molar-refractivity contribution in [1.82, 2.24) is 4.72 Å². The van der Waals surface area contributed by atoms with Gasteiger partial charge in [-0.25, -0.2) is 17.9 Å². The number of nitrogens with two attached hydrogens (primary N) is 1. The first-order valence-corrected chi connectivity index (χ1v) is 7.33. The summed E-state index contributed by atoms with van der Waals surface area (Å²) in [4.78, 5) is 11.5. The number of ether oxygens (including phenoxy) is 1. The van der Waals surface area contributed by atoms with E-state index >= 15 is 0 Å². The molecule has 0 aromatic heterocycles. The number of anilines is 1. The highest BCUT2D eigenvalue weighted by Gasteiger charge is 2.37. The lowest BCUT2D eigenvalue weighted by molar-refractivity contribution is 0.0596. The predicted molar refractivity (Wildman–Crippen MR) is 70.1 cm³/mol. The van der Waals surface area contributed by atoms with Crippen LogP contribution >= 0.6 is 0 Å². The van der Waals surface area contributed by atoms with Crippen molar-refractivity contribution in [2.75, 3.05) is 12.8 Å². The number of hydrogen-bond donors (Lipinski definition) is 2. The van der Waals surface area contributed by atoms with Gasteiger partial charge in [-0.05, 0) is 30.5 Å². The Morgan fingerprint density at radius 1 is 1.47 bits per heavy atom. The zero-order chi connectivity index (χ0) is 14.2. The zero-order valence-corrected chi connectivity index (χ0v) is 11.5. The fourth-order valence-corrected chi connectivity index (χ4v) is 3.33. The quantitative estimate of drug-likeness (QED) is 0.627. The average Bonchev–Trinajstić information content (AvgIpc) is 3.02. The summed E-state index contributed by atoms with van der Waals surface area (Å²) in [5.74, 6) is -0.401. The maximum absolute atomic E-state index is 12.2.